The van der Waals surface area contributed by atoms with E-state index in [4.69, 9.17) is 5.73 Å². The number of carbonyl (C=O) groups excluding carboxylic acids is 2. The Labute approximate surface area is 82.6 Å². The van der Waals surface area contributed by atoms with Crippen LogP contribution in [0.2, 0.25) is 0 Å². The fraction of sp³-hybridized carbons (Fsp3) is 0.778. The monoisotopic (exact) mass is 197 g/mol. The van der Waals surface area contributed by atoms with Crippen LogP contribution in [0.3, 0.4) is 0 Å². The van der Waals surface area contributed by atoms with E-state index in [1.165, 1.54) is 0 Å². The molecule has 2 aliphatic rings. The standard InChI is InChI=1S/C9H15N3O2/c1-5-9(14)11-7(8(10)13)4-12(5)6-2-3-6/h5-7H,2-4H2,1H3,(H2,10,13)(H,11,14)/t5-,7+/m0/s1. The summed E-state index contributed by atoms with van der Waals surface area (Å²) in [5, 5.41) is 2.62. The Balaban J connectivity index is 2.08. The van der Waals surface area contributed by atoms with Crippen molar-refractivity contribution in [3.05, 3.63) is 0 Å². The van der Waals surface area contributed by atoms with Crippen molar-refractivity contribution in [3.8, 4) is 0 Å². The maximum atomic E-state index is 11.5. The van der Waals surface area contributed by atoms with Gasteiger partial charge < -0.3 is 11.1 Å². The van der Waals surface area contributed by atoms with Crippen LogP contribution in [0, 0.1) is 0 Å². The Morgan fingerprint density at radius 1 is 1.57 bits per heavy atom. The molecule has 3 N–H and O–H groups in total. The predicted octanol–water partition coefficient (Wildman–Crippen LogP) is -1.18. The maximum absolute atomic E-state index is 11.5. The molecule has 5 nitrogen and oxygen atoms in total. The van der Waals surface area contributed by atoms with E-state index in [9.17, 15) is 9.59 Å². The van der Waals surface area contributed by atoms with Crippen LogP contribution in [0.25, 0.3) is 0 Å². The second-order valence-electron chi connectivity index (χ2n) is 4.07. The molecule has 0 spiro atoms. The first-order valence-corrected chi connectivity index (χ1v) is 4.95. The lowest BCUT2D eigenvalue weighted by Crippen LogP contribution is -2.63. The van der Waals surface area contributed by atoms with Crippen molar-refractivity contribution in [3.63, 3.8) is 0 Å². The molecular formula is C9H15N3O2. The first kappa shape index (κ1) is 9.45. The summed E-state index contributed by atoms with van der Waals surface area (Å²) in [6, 6.07) is -0.157. The minimum Gasteiger partial charge on any atom is -0.368 e. The molecule has 2 rings (SSSR count). The van der Waals surface area contributed by atoms with Crippen molar-refractivity contribution in [1.29, 1.82) is 0 Å². The van der Waals surface area contributed by atoms with Crippen molar-refractivity contribution in [2.24, 2.45) is 5.73 Å². The first-order valence-electron chi connectivity index (χ1n) is 4.95. The van der Waals surface area contributed by atoms with E-state index in [1.807, 2.05) is 6.92 Å². The molecule has 1 aliphatic carbocycles. The molecule has 1 aliphatic heterocycles. The number of primary amides is 1. The van der Waals surface area contributed by atoms with Gasteiger partial charge in [0.25, 0.3) is 0 Å². The van der Waals surface area contributed by atoms with Crippen molar-refractivity contribution in [1.82, 2.24) is 10.2 Å². The van der Waals surface area contributed by atoms with Crippen LogP contribution < -0.4 is 11.1 Å². The van der Waals surface area contributed by atoms with Crippen LogP contribution in [-0.2, 0) is 9.59 Å². The summed E-state index contributed by atoms with van der Waals surface area (Å²) in [5.74, 6) is -0.539. The quantitative estimate of drug-likeness (QED) is 0.585. The van der Waals surface area contributed by atoms with Gasteiger partial charge in [0, 0.05) is 12.6 Å². The van der Waals surface area contributed by atoms with Crippen molar-refractivity contribution in [2.75, 3.05) is 6.54 Å². The molecular weight excluding hydrogens is 182 g/mol. The highest BCUT2D eigenvalue weighted by Gasteiger charge is 2.41. The minimum atomic E-state index is -0.515. The largest absolute Gasteiger partial charge is 0.368 e. The van der Waals surface area contributed by atoms with Crippen LogP contribution in [0.15, 0.2) is 0 Å². The molecule has 0 aromatic heterocycles. The van der Waals surface area contributed by atoms with Crippen LogP contribution in [0.4, 0.5) is 0 Å². The van der Waals surface area contributed by atoms with Crippen molar-refractivity contribution >= 4 is 11.8 Å². The Morgan fingerprint density at radius 3 is 2.71 bits per heavy atom. The number of nitrogens with one attached hydrogen (secondary N) is 1. The number of piperazine rings is 1. The average Bonchev–Trinajstić information content (AvgIpc) is 2.92. The number of hydrogen-bond acceptors (Lipinski definition) is 3. The third-order valence-corrected chi connectivity index (χ3v) is 2.95. The molecule has 1 heterocycles. The van der Waals surface area contributed by atoms with E-state index >= 15 is 0 Å². The van der Waals surface area contributed by atoms with Gasteiger partial charge in [-0.2, -0.15) is 0 Å². The van der Waals surface area contributed by atoms with Gasteiger partial charge in [-0.15, -0.1) is 0 Å². The molecule has 14 heavy (non-hydrogen) atoms. The van der Waals surface area contributed by atoms with Crippen LogP contribution in [-0.4, -0.2) is 41.4 Å². The molecule has 2 fully saturated rings. The number of amides is 2. The zero-order valence-electron chi connectivity index (χ0n) is 8.19. The summed E-state index contributed by atoms with van der Waals surface area (Å²) >= 11 is 0. The first-order chi connectivity index (χ1) is 6.59. The van der Waals surface area contributed by atoms with E-state index in [0.717, 1.165) is 12.8 Å². The van der Waals surface area contributed by atoms with Gasteiger partial charge in [0.1, 0.15) is 6.04 Å². The van der Waals surface area contributed by atoms with Gasteiger partial charge in [-0.05, 0) is 19.8 Å². The Morgan fingerprint density at radius 2 is 2.21 bits per heavy atom. The highest BCUT2D eigenvalue weighted by atomic mass is 16.2. The zero-order chi connectivity index (χ0) is 10.3. The van der Waals surface area contributed by atoms with E-state index in [1.54, 1.807) is 0 Å². The van der Waals surface area contributed by atoms with E-state index in [0.29, 0.717) is 12.6 Å². The number of hydrogen-bond donors (Lipinski definition) is 2. The fourth-order valence-corrected chi connectivity index (χ4v) is 1.89. The molecule has 0 bridgehead atoms. The lowest BCUT2D eigenvalue weighted by atomic mass is 10.1. The summed E-state index contributed by atoms with van der Waals surface area (Å²) in [5.41, 5.74) is 5.18. The maximum Gasteiger partial charge on any atom is 0.241 e. The highest BCUT2D eigenvalue weighted by molar-refractivity contribution is 5.90. The van der Waals surface area contributed by atoms with Gasteiger partial charge in [0.05, 0.1) is 6.04 Å². The van der Waals surface area contributed by atoms with E-state index in [-0.39, 0.29) is 11.9 Å². The number of nitrogens with two attached hydrogens (primary N) is 1. The number of nitrogens with zero attached hydrogens (tertiary/aromatic N) is 1. The van der Waals surface area contributed by atoms with Crippen LogP contribution in [0.5, 0.6) is 0 Å². The zero-order valence-corrected chi connectivity index (χ0v) is 8.19. The Kier molecular flexibility index (Phi) is 2.19. The van der Waals surface area contributed by atoms with Gasteiger partial charge in [-0.1, -0.05) is 0 Å². The Hall–Kier alpha value is -1.10. The number of carbonyl (C=O) groups is 2. The molecule has 2 amide bonds. The van der Waals surface area contributed by atoms with Crippen molar-refractivity contribution in [2.45, 2.75) is 37.9 Å². The SMILES string of the molecule is C[C@H]1C(=O)N[C@@H](C(N)=O)CN1C1CC1. The van der Waals surface area contributed by atoms with E-state index in [2.05, 4.69) is 10.2 Å². The molecule has 5 heteroatoms. The molecule has 1 saturated carbocycles. The second-order valence-corrected chi connectivity index (χ2v) is 4.07. The fourth-order valence-electron chi connectivity index (χ4n) is 1.89. The molecule has 0 aromatic carbocycles. The normalized spacial score (nSPS) is 33.9. The number of rotatable bonds is 2. The summed E-state index contributed by atoms with van der Waals surface area (Å²) in [6.45, 7) is 2.43. The van der Waals surface area contributed by atoms with Crippen LogP contribution in [0.1, 0.15) is 19.8 Å². The van der Waals surface area contributed by atoms with Gasteiger partial charge in [0.15, 0.2) is 0 Å². The minimum absolute atomic E-state index is 0.0908. The third kappa shape index (κ3) is 1.59. The van der Waals surface area contributed by atoms with Gasteiger partial charge >= 0.3 is 0 Å². The third-order valence-electron chi connectivity index (χ3n) is 2.95. The summed E-state index contributed by atoms with van der Waals surface area (Å²) in [7, 11) is 0. The molecule has 0 unspecified atom stereocenters. The van der Waals surface area contributed by atoms with Gasteiger partial charge in [0.2, 0.25) is 11.8 Å². The average molecular weight is 197 g/mol. The smallest absolute Gasteiger partial charge is 0.241 e. The van der Waals surface area contributed by atoms with E-state index < -0.39 is 11.9 Å². The molecule has 1 saturated heterocycles. The Bertz CT molecular complexity index is 275. The molecule has 0 aromatic rings. The summed E-state index contributed by atoms with van der Waals surface area (Å²) < 4.78 is 0. The predicted molar refractivity (Wildman–Crippen MR) is 50.3 cm³/mol. The lowest BCUT2D eigenvalue weighted by molar-refractivity contribution is -0.135. The summed E-state index contributed by atoms with van der Waals surface area (Å²) in [6.07, 6.45) is 2.26. The van der Waals surface area contributed by atoms with Crippen LogP contribution >= 0.6 is 0 Å². The second kappa shape index (κ2) is 3.24. The summed E-state index contributed by atoms with van der Waals surface area (Å²) in [4.78, 5) is 24.5. The van der Waals surface area contributed by atoms with Gasteiger partial charge in [-0.25, -0.2) is 0 Å². The van der Waals surface area contributed by atoms with Gasteiger partial charge in [-0.3, -0.25) is 14.5 Å². The molecule has 0 radical (unpaired) electrons. The highest BCUT2D eigenvalue weighted by Crippen LogP contribution is 2.29. The molecule has 78 valence electrons. The lowest BCUT2D eigenvalue weighted by Gasteiger charge is -2.36. The van der Waals surface area contributed by atoms with Crippen molar-refractivity contribution < 1.29 is 9.59 Å². The molecule has 2 atom stereocenters. The topological polar surface area (TPSA) is 75.4 Å².